The van der Waals surface area contributed by atoms with Gasteiger partial charge in [0.1, 0.15) is 0 Å². The van der Waals surface area contributed by atoms with Gasteiger partial charge in [-0.15, -0.1) is 0 Å². The van der Waals surface area contributed by atoms with Gasteiger partial charge >= 0.3 is 6.03 Å². The van der Waals surface area contributed by atoms with Gasteiger partial charge in [-0.05, 0) is 24.6 Å². The smallest absolute Gasteiger partial charge is 0.333 e. The first-order valence-electron chi connectivity index (χ1n) is 5.33. The van der Waals surface area contributed by atoms with Crippen molar-refractivity contribution in [2.24, 2.45) is 5.73 Å². The van der Waals surface area contributed by atoms with Crippen LogP contribution in [0.2, 0.25) is 5.02 Å². The van der Waals surface area contributed by atoms with Crippen LogP contribution in [0.25, 0.3) is 0 Å². The normalized spacial score (nSPS) is 11.5. The molecule has 5 N–H and O–H groups in total. The van der Waals surface area contributed by atoms with E-state index in [0.29, 0.717) is 11.6 Å². The second-order valence-corrected chi connectivity index (χ2v) is 4.15. The Hall–Kier alpha value is -1.79. The number of nitrogens with two attached hydrogens (primary N) is 1. The summed E-state index contributed by atoms with van der Waals surface area (Å²) < 4.78 is 0. The highest BCUT2D eigenvalue weighted by Crippen LogP contribution is 2.08. The Morgan fingerprint density at radius 1 is 1.28 bits per heavy atom. The van der Waals surface area contributed by atoms with Crippen LogP contribution in [0.1, 0.15) is 12.5 Å². The molecule has 18 heavy (non-hydrogen) atoms. The van der Waals surface area contributed by atoms with Gasteiger partial charge in [-0.2, -0.15) is 0 Å². The van der Waals surface area contributed by atoms with E-state index in [1.807, 2.05) is 0 Å². The summed E-state index contributed by atoms with van der Waals surface area (Å²) in [6, 6.07) is 5.86. The second-order valence-electron chi connectivity index (χ2n) is 3.71. The molecule has 1 rings (SSSR count). The summed E-state index contributed by atoms with van der Waals surface area (Å²) in [7, 11) is 0. The zero-order valence-corrected chi connectivity index (χ0v) is 10.6. The Bertz CT molecular complexity index is 420. The molecule has 0 radical (unpaired) electrons. The maximum atomic E-state index is 11.3. The van der Waals surface area contributed by atoms with Crippen LogP contribution in [0.5, 0.6) is 0 Å². The van der Waals surface area contributed by atoms with Gasteiger partial charge in [0.25, 0.3) is 5.91 Å². The van der Waals surface area contributed by atoms with Crippen LogP contribution in [0.4, 0.5) is 4.79 Å². The van der Waals surface area contributed by atoms with Crippen molar-refractivity contribution in [3.63, 3.8) is 0 Å². The molecule has 0 spiro atoms. The molecular weight excluding hydrogens is 256 g/mol. The maximum absolute atomic E-state index is 11.3. The molecule has 0 heterocycles. The van der Waals surface area contributed by atoms with Gasteiger partial charge in [-0.25, -0.2) is 10.2 Å². The van der Waals surface area contributed by atoms with E-state index in [-0.39, 0.29) is 0 Å². The average molecular weight is 271 g/mol. The fourth-order valence-electron chi connectivity index (χ4n) is 1.06. The summed E-state index contributed by atoms with van der Waals surface area (Å²) in [5, 5.41) is 3.20. The van der Waals surface area contributed by atoms with Crippen molar-refractivity contribution in [1.82, 2.24) is 16.2 Å². The molecule has 0 aromatic heterocycles. The highest BCUT2D eigenvalue weighted by molar-refractivity contribution is 6.30. The predicted octanol–water partition coefficient (Wildman–Crippen LogP) is 0.518. The third-order valence-electron chi connectivity index (χ3n) is 2.08. The molecule has 1 aromatic rings. The van der Waals surface area contributed by atoms with E-state index in [4.69, 9.17) is 17.3 Å². The van der Waals surface area contributed by atoms with E-state index in [1.54, 1.807) is 24.3 Å². The largest absolute Gasteiger partial charge is 0.333 e. The Morgan fingerprint density at radius 2 is 1.89 bits per heavy atom. The van der Waals surface area contributed by atoms with E-state index in [9.17, 15) is 9.59 Å². The third kappa shape index (κ3) is 5.03. The fraction of sp³-hybridized carbons (Fsp3) is 0.273. The van der Waals surface area contributed by atoms with Gasteiger partial charge in [-0.1, -0.05) is 23.7 Å². The summed E-state index contributed by atoms with van der Waals surface area (Å²) in [4.78, 5) is 22.4. The lowest BCUT2D eigenvalue weighted by Gasteiger charge is -2.10. The van der Waals surface area contributed by atoms with Gasteiger partial charge in [0.05, 0.1) is 6.04 Å². The molecule has 0 aliphatic heterocycles. The lowest BCUT2D eigenvalue weighted by molar-refractivity contribution is -0.122. The second kappa shape index (κ2) is 6.83. The Kier molecular flexibility index (Phi) is 5.41. The third-order valence-corrected chi connectivity index (χ3v) is 2.33. The van der Waals surface area contributed by atoms with Gasteiger partial charge in [0.15, 0.2) is 0 Å². The van der Waals surface area contributed by atoms with E-state index >= 15 is 0 Å². The summed E-state index contributed by atoms with van der Waals surface area (Å²) in [6.45, 7) is 1.85. The van der Waals surface area contributed by atoms with Crippen molar-refractivity contribution in [2.45, 2.75) is 19.5 Å². The highest BCUT2D eigenvalue weighted by Gasteiger charge is 2.07. The number of carbonyl (C=O) groups excluding carboxylic acids is 2. The Balaban J connectivity index is 2.29. The molecule has 98 valence electrons. The van der Waals surface area contributed by atoms with Crippen molar-refractivity contribution in [3.05, 3.63) is 34.9 Å². The number of halogens is 1. The number of hydrogen-bond acceptors (Lipinski definition) is 3. The lowest BCUT2D eigenvalue weighted by atomic mass is 10.2. The first kappa shape index (κ1) is 14.3. The number of carbonyl (C=O) groups is 2. The minimum atomic E-state index is -0.679. The summed E-state index contributed by atoms with van der Waals surface area (Å²) >= 11 is 5.73. The van der Waals surface area contributed by atoms with Crippen molar-refractivity contribution in [2.75, 3.05) is 0 Å². The molecule has 6 nitrogen and oxygen atoms in total. The zero-order chi connectivity index (χ0) is 13.5. The number of hydrazine groups is 1. The summed E-state index contributed by atoms with van der Waals surface area (Å²) in [5.74, 6) is -0.461. The molecule has 1 unspecified atom stereocenters. The van der Waals surface area contributed by atoms with Gasteiger partial charge in [-0.3, -0.25) is 10.2 Å². The van der Waals surface area contributed by atoms with E-state index in [2.05, 4.69) is 16.2 Å². The van der Waals surface area contributed by atoms with Crippen molar-refractivity contribution in [1.29, 1.82) is 0 Å². The van der Waals surface area contributed by atoms with Crippen LogP contribution in [0.3, 0.4) is 0 Å². The molecule has 7 heteroatoms. The van der Waals surface area contributed by atoms with Gasteiger partial charge in [0.2, 0.25) is 0 Å². The average Bonchev–Trinajstić information content (AvgIpc) is 2.35. The van der Waals surface area contributed by atoms with Crippen LogP contribution < -0.4 is 21.9 Å². The maximum Gasteiger partial charge on any atom is 0.333 e. The predicted molar refractivity (Wildman–Crippen MR) is 68.6 cm³/mol. The van der Waals surface area contributed by atoms with Crippen LogP contribution in [-0.4, -0.2) is 18.0 Å². The van der Waals surface area contributed by atoms with Crippen LogP contribution in [-0.2, 0) is 11.3 Å². The Labute approximate surface area is 110 Å². The minimum absolute atomic E-state index is 0.330. The van der Waals surface area contributed by atoms with Gasteiger partial charge in [0, 0.05) is 11.6 Å². The summed E-state index contributed by atoms with van der Waals surface area (Å²) in [5.41, 5.74) is 10.6. The molecule has 1 aromatic carbocycles. The molecule has 0 bridgehead atoms. The molecular formula is C11H15ClN4O2. The molecule has 0 aliphatic carbocycles. The minimum Gasteiger partial charge on any atom is -0.333 e. The lowest BCUT2D eigenvalue weighted by Crippen LogP contribution is -2.51. The highest BCUT2D eigenvalue weighted by atomic mass is 35.5. The summed E-state index contributed by atoms with van der Waals surface area (Å²) in [6.07, 6.45) is 0. The first-order valence-corrected chi connectivity index (χ1v) is 5.70. The number of hydrogen-bond donors (Lipinski definition) is 4. The number of benzene rings is 1. The number of rotatable bonds is 3. The van der Waals surface area contributed by atoms with Crippen molar-refractivity contribution >= 4 is 23.5 Å². The molecule has 0 saturated heterocycles. The molecule has 3 amide bonds. The molecule has 0 saturated carbocycles. The SMILES string of the molecule is CC(N)C(=O)NNC(=O)NCc1ccc(Cl)cc1. The monoisotopic (exact) mass is 270 g/mol. The van der Waals surface area contributed by atoms with E-state index in [1.165, 1.54) is 6.92 Å². The topological polar surface area (TPSA) is 96.2 Å². The fourth-order valence-corrected chi connectivity index (χ4v) is 1.19. The number of amides is 3. The van der Waals surface area contributed by atoms with Crippen molar-refractivity contribution < 1.29 is 9.59 Å². The number of urea groups is 1. The zero-order valence-electron chi connectivity index (χ0n) is 9.87. The van der Waals surface area contributed by atoms with Crippen LogP contribution in [0.15, 0.2) is 24.3 Å². The molecule has 0 fully saturated rings. The quantitative estimate of drug-likeness (QED) is 0.603. The van der Waals surface area contributed by atoms with E-state index < -0.39 is 18.0 Å². The van der Waals surface area contributed by atoms with E-state index in [0.717, 1.165) is 5.56 Å². The van der Waals surface area contributed by atoms with Gasteiger partial charge < -0.3 is 11.1 Å². The molecule has 1 atom stereocenters. The van der Waals surface area contributed by atoms with Crippen LogP contribution in [0, 0.1) is 0 Å². The van der Waals surface area contributed by atoms with Crippen LogP contribution >= 0.6 is 11.6 Å². The van der Waals surface area contributed by atoms with Crippen molar-refractivity contribution in [3.8, 4) is 0 Å². The Morgan fingerprint density at radius 3 is 2.44 bits per heavy atom. The standard InChI is InChI=1S/C11H15ClN4O2/c1-7(13)10(17)15-16-11(18)14-6-8-2-4-9(12)5-3-8/h2-5,7H,6,13H2,1H3,(H,15,17)(H2,14,16,18). The number of nitrogens with one attached hydrogen (secondary N) is 3. The molecule has 0 aliphatic rings. The first-order chi connectivity index (χ1) is 8.49.